The lowest BCUT2D eigenvalue weighted by atomic mass is 9.88. The molecule has 0 amide bonds. The molecule has 0 radical (unpaired) electrons. The second-order valence-electron chi connectivity index (χ2n) is 10.1. The van der Waals surface area contributed by atoms with Crippen molar-refractivity contribution < 1.29 is 4.74 Å². The van der Waals surface area contributed by atoms with Gasteiger partial charge in [0.25, 0.3) is 5.56 Å². The second-order valence-corrected chi connectivity index (χ2v) is 11.8. The molecular formula is C32H26BrCl2N3O2. The third-order valence-electron chi connectivity index (χ3n) is 7.40. The molecule has 1 aromatic heterocycles. The maximum absolute atomic E-state index is 13.6. The summed E-state index contributed by atoms with van der Waals surface area (Å²) in [6.45, 7) is 0.326. The highest BCUT2D eigenvalue weighted by molar-refractivity contribution is 9.10. The van der Waals surface area contributed by atoms with Gasteiger partial charge in [0.1, 0.15) is 12.4 Å². The van der Waals surface area contributed by atoms with Crippen molar-refractivity contribution in [3.8, 4) is 5.75 Å². The number of aromatic nitrogens is 2. The van der Waals surface area contributed by atoms with Crippen molar-refractivity contribution in [2.24, 2.45) is 5.10 Å². The van der Waals surface area contributed by atoms with Crippen molar-refractivity contribution >= 4 is 67.0 Å². The lowest BCUT2D eigenvalue weighted by Gasteiger charge is -2.22. The van der Waals surface area contributed by atoms with Crippen molar-refractivity contribution in [3.63, 3.8) is 0 Å². The number of hydrogen-bond acceptors (Lipinski definition) is 4. The molecule has 0 aliphatic heterocycles. The largest absolute Gasteiger partial charge is 0.486 e. The van der Waals surface area contributed by atoms with Gasteiger partial charge in [-0.1, -0.05) is 101 Å². The molecule has 0 atom stereocenters. The monoisotopic (exact) mass is 633 g/mol. The average Bonchev–Trinajstić information content (AvgIpc) is 2.97. The van der Waals surface area contributed by atoms with Crippen LogP contribution in [0.1, 0.15) is 55.0 Å². The number of nitrogens with zero attached hydrogens (tertiary/aromatic N) is 3. The summed E-state index contributed by atoms with van der Waals surface area (Å²) >= 11 is 16.7. The fourth-order valence-corrected chi connectivity index (χ4v) is 6.36. The van der Waals surface area contributed by atoms with Crippen LogP contribution in [0.3, 0.4) is 0 Å². The molecule has 40 heavy (non-hydrogen) atoms. The van der Waals surface area contributed by atoms with Gasteiger partial charge < -0.3 is 4.74 Å². The number of fused-ring (bicyclic) bond motifs is 2. The summed E-state index contributed by atoms with van der Waals surface area (Å²) < 4.78 is 8.34. The zero-order chi connectivity index (χ0) is 27.6. The molecule has 202 valence electrons. The van der Waals surface area contributed by atoms with Gasteiger partial charge in [-0.15, -0.1) is 0 Å². The highest BCUT2D eigenvalue weighted by Crippen LogP contribution is 2.35. The quantitative estimate of drug-likeness (QED) is 0.175. The van der Waals surface area contributed by atoms with Crippen LogP contribution in [-0.4, -0.2) is 15.9 Å². The van der Waals surface area contributed by atoms with Gasteiger partial charge in [-0.2, -0.15) is 9.78 Å². The Hall–Kier alpha value is -3.19. The molecule has 8 heteroatoms. The number of benzene rings is 4. The summed E-state index contributed by atoms with van der Waals surface area (Å²) in [5.74, 6) is 1.29. The Kier molecular flexibility index (Phi) is 7.92. The minimum absolute atomic E-state index is 0.184. The molecular weight excluding hydrogens is 609 g/mol. The van der Waals surface area contributed by atoms with Gasteiger partial charge in [0.15, 0.2) is 5.75 Å². The summed E-state index contributed by atoms with van der Waals surface area (Å²) in [7, 11) is 0. The minimum Gasteiger partial charge on any atom is -0.486 e. The zero-order valence-electron chi connectivity index (χ0n) is 21.6. The van der Waals surface area contributed by atoms with E-state index in [4.69, 9.17) is 32.9 Å². The van der Waals surface area contributed by atoms with Gasteiger partial charge in [0, 0.05) is 10.4 Å². The van der Waals surface area contributed by atoms with Crippen molar-refractivity contribution in [1.29, 1.82) is 0 Å². The Morgan fingerprint density at radius 2 is 1.70 bits per heavy atom. The molecule has 5 nitrogen and oxygen atoms in total. The molecule has 1 fully saturated rings. The van der Waals surface area contributed by atoms with Crippen LogP contribution in [0.15, 0.2) is 87.2 Å². The lowest BCUT2D eigenvalue weighted by Crippen LogP contribution is -2.25. The van der Waals surface area contributed by atoms with Crippen LogP contribution in [0.5, 0.6) is 5.75 Å². The first-order valence-electron chi connectivity index (χ1n) is 13.3. The molecule has 6 rings (SSSR count). The van der Waals surface area contributed by atoms with Crippen LogP contribution in [-0.2, 0) is 6.61 Å². The van der Waals surface area contributed by atoms with Gasteiger partial charge in [-0.25, -0.2) is 4.98 Å². The smallest absolute Gasteiger partial charge is 0.282 e. The number of hydrogen-bond donors (Lipinski definition) is 0. The first-order valence-corrected chi connectivity index (χ1v) is 14.9. The fourth-order valence-electron chi connectivity index (χ4n) is 5.39. The van der Waals surface area contributed by atoms with Gasteiger partial charge in [0.05, 0.1) is 27.2 Å². The summed E-state index contributed by atoms with van der Waals surface area (Å²) in [6.07, 6.45) is 7.03. The van der Waals surface area contributed by atoms with E-state index in [1.54, 1.807) is 24.4 Å². The van der Waals surface area contributed by atoms with E-state index in [2.05, 4.69) is 39.2 Å². The SMILES string of the molecule is O=c1c2cc(Br)ccc2nc(C2CCCCC2)n1N=Cc1cc(Cl)c(OCc2cccc3ccccc23)c(Cl)c1. The summed E-state index contributed by atoms with van der Waals surface area (Å²) in [6, 6.07) is 23.3. The molecule has 0 N–H and O–H groups in total. The third-order valence-corrected chi connectivity index (χ3v) is 8.45. The van der Waals surface area contributed by atoms with Crippen LogP contribution in [0.25, 0.3) is 21.7 Å². The van der Waals surface area contributed by atoms with Gasteiger partial charge in [-0.3, -0.25) is 4.79 Å². The first-order chi connectivity index (χ1) is 19.5. The van der Waals surface area contributed by atoms with E-state index in [-0.39, 0.29) is 11.5 Å². The predicted molar refractivity (Wildman–Crippen MR) is 167 cm³/mol. The fraction of sp³-hybridized carbons (Fsp3) is 0.219. The molecule has 0 saturated heterocycles. The van der Waals surface area contributed by atoms with Gasteiger partial charge >= 0.3 is 0 Å². The Morgan fingerprint density at radius 3 is 2.50 bits per heavy atom. The third kappa shape index (κ3) is 5.53. The Morgan fingerprint density at radius 1 is 0.950 bits per heavy atom. The van der Waals surface area contributed by atoms with Crippen LogP contribution in [0.2, 0.25) is 10.0 Å². The van der Waals surface area contributed by atoms with Crippen LogP contribution in [0.4, 0.5) is 0 Å². The van der Waals surface area contributed by atoms with Crippen molar-refractivity contribution in [1.82, 2.24) is 9.66 Å². The maximum Gasteiger partial charge on any atom is 0.282 e. The lowest BCUT2D eigenvalue weighted by molar-refractivity contribution is 0.308. The van der Waals surface area contributed by atoms with E-state index in [1.807, 2.05) is 36.4 Å². The van der Waals surface area contributed by atoms with E-state index in [0.717, 1.165) is 46.5 Å². The van der Waals surface area contributed by atoms with E-state index in [1.165, 1.54) is 11.1 Å². The van der Waals surface area contributed by atoms with Crippen molar-refractivity contribution in [3.05, 3.63) is 115 Å². The molecule has 1 saturated carbocycles. The van der Waals surface area contributed by atoms with Crippen LogP contribution in [0, 0.1) is 0 Å². The molecule has 0 unspecified atom stereocenters. The highest BCUT2D eigenvalue weighted by atomic mass is 79.9. The van der Waals surface area contributed by atoms with E-state index in [9.17, 15) is 4.79 Å². The highest BCUT2D eigenvalue weighted by Gasteiger charge is 2.22. The van der Waals surface area contributed by atoms with Crippen molar-refractivity contribution in [2.75, 3.05) is 0 Å². The molecule has 1 aliphatic carbocycles. The molecule has 5 aromatic rings. The Balaban J connectivity index is 1.31. The van der Waals surface area contributed by atoms with Gasteiger partial charge in [0.2, 0.25) is 0 Å². The normalized spacial score (nSPS) is 14.4. The molecule has 0 bridgehead atoms. The maximum atomic E-state index is 13.6. The average molecular weight is 635 g/mol. The summed E-state index contributed by atoms with van der Waals surface area (Å²) in [5.41, 5.74) is 2.18. The Labute approximate surface area is 250 Å². The van der Waals surface area contributed by atoms with Crippen molar-refractivity contribution in [2.45, 2.75) is 44.6 Å². The molecule has 4 aromatic carbocycles. The summed E-state index contributed by atoms with van der Waals surface area (Å²) in [4.78, 5) is 18.5. The topological polar surface area (TPSA) is 56.5 Å². The minimum atomic E-state index is -0.199. The molecule has 1 heterocycles. The molecule has 1 aliphatic rings. The van der Waals surface area contributed by atoms with E-state index in [0.29, 0.717) is 44.7 Å². The predicted octanol–water partition coefficient (Wildman–Crippen LogP) is 9.13. The number of ether oxygens (including phenoxy) is 1. The number of halogens is 3. The van der Waals surface area contributed by atoms with Gasteiger partial charge in [-0.05, 0) is 65.1 Å². The number of rotatable bonds is 6. The first kappa shape index (κ1) is 27.0. The second kappa shape index (κ2) is 11.7. The molecule has 0 spiro atoms. The van der Waals surface area contributed by atoms with Crippen LogP contribution >= 0.6 is 39.1 Å². The van der Waals surface area contributed by atoms with E-state index < -0.39 is 0 Å². The zero-order valence-corrected chi connectivity index (χ0v) is 24.7. The summed E-state index contributed by atoms with van der Waals surface area (Å²) in [5, 5.41) is 8.13. The Bertz CT molecular complexity index is 1780. The standard InChI is InChI=1S/C32H26BrCl2N3O2/c33-24-13-14-29-26(17-24)32(39)38(31(37-29)22-8-2-1-3-9-22)36-18-20-15-27(34)30(28(35)16-20)40-19-23-11-6-10-21-7-4-5-12-25(21)23/h4-7,10-18,22H,1-3,8-9,19H2. The van der Waals surface area contributed by atoms with Crippen LogP contribution < -0.4 is 10.3 Å². The van der Waals surface area contributed by atoms with E-state index >= 15 is 0 Å².